The van der Waals surface area contributed by atoms with Crippen LogP contribution in [0.2, 0.25) is 10.0 Å². The number of benzene rings is 2. The number of rotatable bonds is 5. The van der Waals surface area contributed by atoms with Crippen molar-refractivity contribution in [3.05, 3.63) is 86.0 Å². The largest absolute Gasteiger partial charge is 0.361 e. The molecule has 0 unspecified atom stereocenters. The van der Waals surface area contributed by atoms with Gasteiger partial charge < -0.3 is 10.2 Å². The predicted octanol–water partition coefficient (Wildman–Crippen LogP) is 5.59. The normalized spacial score (nSPS) is 14.1. The van der Waals surface area contributed by atoms with Crippen LogP contribution in [0.4, 0.5) is 5.69 Å². The van der Waals surface area contributed by atoms with Crippen molar-refractivity contribution in [1.82, 2.24) is 5.32 Å². The molecule has 0 aliphatic carbocycles. The molecule has 0 saturated carbocycles. The van der Waals surface area contributed by atoms with Gasteiger partial charge in [0.1, 0.15) is 0 Å². The number of nitrogens with one attached hydrogen (secondary N) is 1. The Bertz CT molecular complexity index is 959. The Morgan fingerprint density at radius 1 is 1.15 bits per heavy atom. The van der Waals surface area contributed by atoms with Crippen molar-refractivity contribution >= 4 is 46.1 Å². The smallest absolute Gasteiger partial charge is 0.252 e. The first kappa shape index (κ1) is 18.4. The third-order valence-corrected chi connectivity index (χ3v) is 6.32. The lowest BCUT2D eigenvalue weighted by molar-refractivity contribution is 0.0951. The number of halogens is 2. The van der Waals surface area contributed by atoms with Crippen LogP contribution in [0.25, 0.3) is 0 Å². The predicted molar refractivity (Wildman–Crippen MR) is 113 cm³/mol. The van der Waals surface area contributed by atoms with Gasteiger partial charge in [-0.05, 0) is 47.7 Å². The Morgan fingerprint density at radius 3 is 2.78 bits per heavy atom. The second-order valence-electron chi connectivity index (χ2n) is 6.44. The highest BCUT2D eigenvalue weighted by Gasteiger charge is 2.28. The van der Waals surface area contributed by atoms with Crippen LogP contribution in [-0.2, 0) is 6.42 Å². The standard InChI is InChI=1S/C21H18Cl2N2OS/c22-15-7-8-16(17(23)12-15)21(26)24-13-19(20-6-3-11-27-20)25-10-9-14-4-1-2-5-18(14)25/h1-8,11-12,19H,9-10,13H2,(H,24,26)/t19-/m1/s1. The van der Waals surface area contributed by atoms with E-state index in [2.05, 4.69) is 45.9 Å². The Labute approximate surface area is 172 Å². The zero-order chi connectivity index (χ0) is 18.8. The van der Waals surface area contributed by atoms with Gasteiger partial charge in [0, 0.05) is 28.7 Å². The summed E-state index contributed by atoms with van der Waals surface area (Å²) in [6.45, 7) is 1.45. The minimum Gasteiger partial charge on any atom is -0.361 e. The monoisotopic (exact) mass is 416 g/mol. The minimum atomic E-state index is -0.189. The molecule has 0 radical (unpaired) electrons. The summed E-state index contributed by atoms with van der Waals surface area (Å²) in [5.74, 6) is -0.189. The van der Waals surface area contributed by atoms with E-state index in [-0.39, 0.29) is 11.9 Å². The topological polar surface area (TPSA) is 32.3 Å². The molecule has 138 valence electrons. The van der Waals surface area contributed by atoms with Crippen LogP contribution in [-0.4, -0.2) is 19.0 Å². The Hall–Kier alpha value is -2.01. The molecule has 0 saturated heterocycles. The summed E-state index contributed by atoms with van der Waals surface area (Å²) in [5, 5.41) is 6.00. The van der Waals surface area contributed by atoms with Gasteiger partial charge in [0.05, 0.1) is 16.6 Å². The molecule has 1 amide bonds. The van der Waals surface area contributed by atoms with E-state index >= 15 is 0 Å². The van der Waals surface area contributed by atoms with Crippen LogP contribution in [0.15, 0.2) is 60.0 Å². The summed E-state index contributed by atoms with van der Waals surface area (Å²) in [6.07, 6.45) is 1.02. The molecular weight excluding hydrogens is 399 g/mol. The molecule has 0 spiro atoms. The molecule has 1 atom stereocenters. The number of nitrogens with zero attached hydrogens (tertiary/aromatic N) is 1. The number of amides is 1. The SMILES string of the molecule is O=C(NC[C@H](c1cccs1)N1CCc2ccccc21)c1ccc(Cl)cc1Cl. The highest BCUT2D eigenvalue weighted by Crippen LogP contribution is 2.36. The average Bonchev–Trinajstić information content (AvgIpc) is 3.32. The van der Waals surface area contributed by atoms with Gasteiger partial charge in [-0.2, -0.15) is 0 Å². The van der Waals surface area contributed by atoms with Gasteiger partial charge in [-0.25, -0.2) is 0 Å². The summed E-state index contributed by atoms with van der Waals surface area (Å²) in [5.41, 5.74) is 3.04. The van der Waals surface area contributed by atoms with E-state index in [4.69, 9.17) is 23.2 Å². The number of thiophene rings is 1. The third-order valence-electron chi connectivity index (χ3n) is 4.80. The number of anilines is 1. The van der Waals surface area contributed by atoms with Crippen LogP contribution in [0.3, 0.4) is 0 Å². The zero-order valence-electron chi connectivity index (χ0n) is 14.5. The molecule has 0 bridgehead atoms. The molecule has 1 N–H and O–H groups in total. The first-order valence-corrected chi connectivity index (χ1v) is 10.4. The van der Waals surface area contributed by atoms with Crippen molar-refractivity contribution in [3.63, 3.8) is 0 Å². The molecule has 2 aromatic carbocycles. The number of carbonyl (C=O) groups is 1. The van der Waals surface area contributed by atoms with Crippen LogP contribution < -0.4 is 10.2 Å². The maximum atomic E-state index is 12.7. The maximum Gasteiger partial charge on any atom is 0.252 e. The summed E-state index contributed by atoms with van der Waals surface area (Å²) in [7, 11) is 0. The van der Waals surface area contributed by atoms with Crippen molar-refractivity contribution < 1.29 is 4.79 Å². The molecule has 4 rings (SSSR count). The second kappa shape index (κ2) is 7.93. The molecule has 27 heavy (non-hydrogen) atoms. The van der Waals surface area contributed by atoms with Crippen molar-refractivity contribution in [2.75, 3.05) is 18.0 Å². The summed E-state index contributed by atoms with van der Waals surface area (Å²) < 4.78 is 0. The Balaban J connectivity index is 1.56. The van der Waals surface area contributed by atoms with E-state index in [0.29, 0.717) is 22.2 Å². The third kappa shape index (κ3) is 3.84. The van der Waals surface area contributed by atoms with Crippen molar-refractivity contribution in [3.8, 4) is 0 Å². The van der Waals surface area contributed by atoms with Crippen molar-refractivity contribution in [2.24, 2.45) is 0 Å². The number of para-hydroxylation sites is 1. The molecule has 3 aromatic rings. The first-order chi connectivity index (χ1) is 13.1. The molecule has 2 heterocycles. The lowest BCUT2D eigenvalue weighted by Crippen LogP contribution is -2.37. The minimum absolute atomic E-state index is 0.0867. The molecule has 0 fully saturated rings. The van der Waals surface area contributed by atoms with Crippen LogP contribution in [0.5, 0.6) is 0 Å². The number of carbonyl (C=O) groups excluding carboxylic acids is 1. The van der Waals surface area contributed by atoms with E-state index in [1.54, 1.807) is 29.5 Å². The summed E-state index contributed by atoms with van der Waals surface area (Å²) >= 11 is 13.8. The van der Waals surface area contributed by atoms with E-state index in [1.165, 1.54) is 16.1 Å². The van der Waals surface area contributed by atoms with Crippen LogP contribution in [0.1, 0.15) is 26.8 Å². The van der Waals surface area contributed by atoms with Gasteiger partial charge in [0.25, 0.3) is 5.91 Å². The number of hydrogen-bond acceptors (Lipinski definition) is 3. The van der Waals surface area contributed by atoms with Gasteiger partial charge in [-0.1, -0.05) is 47.5 Å². The van der Waals surface area contributed by atoms with Gasteiger partial charge in [-0.3, -0.25) is 4.79 Å². The second-order valence-corrected chi connectivity index (χ2v) is 8.26. The molecule has 1 aromatic heterocycles. The fourth-order valence-electron chi connectivity index (χ4n) is 3.49. The number of fused-ring (bicyclic) bond motifs is 1. The maximum absolute atomic E-state index is 12.7. The van der Waals surface area contributed by atoms with Crippen LogP contribution in [0, 0.1) is 0 Å². The van der Waals surface area contributed by atoms with Gasteiger partial charge in [-0.15, -0.1) is 11.3 Å². The first-order valence-electron chi connectivity index (χ1n) is 8.74. The van der Waals surface area contributed by atoms with E-state index < -0.39 is 0 Å². The zero-order valence-corrected chi connectivity index (χ0v) is 16.8. The van der Waals surface area contributed by atoms with Crippen molar-refractivity contribution in [1.29, 1.82) is 0 Å². The summed E-state index contributed by atoms with van der Waals surface area (Å²) in [6, 6.07) is 17.6. The highest BCUT2D eigenvalue weighted by atomic mass is 35.5. The van der Waals surface area contributed by atoms with E-state index in [9.17, 15) is 4.79 Å². The molecule has 6 heteroatoms. The molecule has 1 aliphatic rings. The molecular formula is C21H18Cl2N2OS. The fraction of sp³-hybridized carbons (Fsp3) is 0.190. The fourth-order valence-corrected chi connectivity index (χ4v) is 4.82. The van der Waals surface area contributed by atoms with Crippen LogP contribution >= 0.6 is 34.5 Å². The molecule has 3 nitrogen and oxygen atoms in total. The number of hydrogen-bond donors (Lipinski definition) is 1. The Morgan fingerprint density at radius 2 is 2.00 bits per heavy atom. The average molecular weight is 417 g/mol. The lowest BCUT2D eigenvalue weighted by Gasteiger charge is -2.30. The van der Waals surface area contributed by atoms with Gasteiger partial charge >= 0.3 is 0 Å². The lowest BCUT2D eigenvalue weighted by atomic mass is 10.1. The molecule has 1 aliphatic heterocycles. The van der Waals surface area contributed by atoms with Gasteiger partial charge in [0.2, 0.25) is 0 Å². The quantitative estimate of drug-likeness (QED) is 0.587. The van der Waals surface area contributed by atoms with Gasteiger partial charge in [0.15, 0.2) is 0 Å². The van der Waals surface area contributed by atoms with E-state index in [0.717, 1.165) is 13.0 Å². The summed E-state index contributed by atoms with van der Waals surface area (Å²) in [4.78, 5) is 16.3. The highest BCUT2D eigenvalue weighted by molar-refractivity contribution is 7.10. The van der Waals surface area contributed by atoms with E-state index in [1.807, 2.05) is 6.07 Å². The van der Waals surface area contributed by atoms with Crippen molar-refractivity contribution in [2.45, 2.75) is 12.5 Å². The Kier molecular flexibility index (Phi) is 5.39.